The molecule has 0 aromatic heterocycles. The molecule has 0 radical (unpaired) electrons. The van der Waals surface area contributed by atoms with E-state index in [1.54, 1.807) is 18.2 Å². The highest BCUT2D eigenvalue weighted by Crippen LogP contribution is 2.41. The van der Waals surface area contributed by atoms with Crippen molar-refractivity contribution in [3.8, 4) is 0 Å². The molecule has 1 aliphatic rings. The van der Waals surface area contributed by atoms with Crippen LogP contribution >= 0.6 is 11.8 Å². The fourth-order valence-corrected chi connectivity index (χ4v) is 5.68. The maximum absolute atomic E-state index is 13.2. The third-order valence-corrected chi connectivity index (χ3v) is 7.36. The van der Waals surface area contributed by atoms with E-state index in [4.69, 9.17) is 0 Å². The molecule has 2 aromatic rings. The zero-order chi connectivity index (χ0) is 18.7. The van der Waals surface area contributed by atoms with E-state index < -0.39 is 10.0 Å². The lowest BCUT2D eigenvalue weighted by molar-refractivity contribution is 0.528. The van der Waals surface area contributed by atoms with Gasteiger partial charge in [-0.3, -0.25) is 4.99 Å². The average Bonchev–Trinajstić information content (AvgIpc) is 3.06. The van der Waals surface area contributed by atoms with Crippen LogP contribution in [0.15, 0.2) is 71.1 Å². The van der Waals surface area contributed by atoms with Gasteiger partial charge in [0.05, 0.1) is 23.2 Å². The van der Waals surface area contributed by atoms with Crippen LogP contribution in [0.25, 0.3) is 0 Å². The fraction of sp³-hybridized carbons (Fsp3) is 0.250. The number of aryl methyl sites for hydroxylation is 2. The Morgan fingerprint density at radius 2 is 1.69 bits per heavy atom. The molecule has 1 unspecified atom stereocenters. The fourth-order valence-electron chi connectivity index (χ4n) is 2.70. The van der Waals surface area contributed by atoms with Crippen molar-refractivity contribution in [1.29, 1.82) is 0 Å². The maximum atomic E-state index is 13.2. The van der Waals surface area contributed by atoms with E-state index >= 15 is 0 Å². The molecule has 2 aromatic carbocycles. The van der Waals surface area contributed by atoms with Crippen molar-refractivity contribution in [2.45, 2.75) is 24.0 Å². The molecule has 6 heteroatoms. The van der Waals surface area contributed by atoms with E-state index in [2.05, 4.69) is 23.7 Å². The zero-order valence-corrected chi connectivity index (χ0v) is 16.6. The van der Waals surface area contributed by atoms with Gasteiger partial charge in [-0.1, -0.05) is 65.4 Å². The van der Waals surface area contributed by atoms with Gasteiger partial charge in [0.1, 0.15) is 0 Å². The van der Waals surface area contributed by atoms with Crippen molar-refractivity contribution in [2.75, 3.05) is 13.1 Å². The topological polar surface area (TPSA) is 49.7 Å². The predicted molar refractivity (Wildman–Crippen MR) is 109 cm³/mol. The summed E-state index contributed by atoms with van der Waals surface area (Å²) in [6, 6.07) is 15.1. The second-order valence-electron chi connectivity index (χ2n) is 6.28. The molecule has 0 spiro atoms. The van der Waals surface area contributed by atoms with Crippen LogP contribution in [0.2, 0.25) is 0 Å². The molecule has 136 valence electrons. The summed E-state index contributed by atoms with van der Waals surface area (Å²) < 4.78 is 27.7. The van der Waals surface area contributed by atoms with Gasteiger partial charge < -0.3 is 0 Å². The first-order valence-electron chi connectivity index (χ1n) is 8.40. The number of amidine groups is 1. The van der Waals surface area contributed by atoms with Gasteiger partial charge in [0.2, 0.25) is 0 Å². The lowest BCUT2D eigenvalue weighted by atomic mass is 10.1. The standard InChI is InChI=1S/C20H22N2O2S2/c1-4-13-21-20-22(26(23,24)18-11-7-16(3)8-12-18)14-19(25-20)17-9-5-15(2)6-10-17/h4-12,19H,1,13-14H2,2-3H3. The molecule has 1 fully saturated rings. The molecule has 3 rings (SSSR count). The summed E-state index contributed by atoms with van der Waals surface area (Å²) in [6.45, 7) is 8.42. The molecule has 26 heavy (non-hydrogen) atoms. The lowest BCUT2D eigenvalue weighted by Gasteiger charge is -2.18. The molecule has 0 saturated carbocycles. The summed E-state index contributed by atoms with van der Waals surface area (Å²) in [6.07, 6.45) is 1.67. The van der Waals surface area contributed by atoms with Crippen molar-refractivity contribution < 1.29 is 8.42 Å². The average molecular weight is 387 g/mol. The first-order chi connectivity index (χ1) is 12.4. The monoisotopic (exact) mass is 386 g/mol. The van der Waals surface area contributed by atoms with Crippen LogP contribution in [-0.4, -0.2) is 31.0 Å². The highest BCUT2D eigenvalue weighted by molar-refractivity contribution is 8.15. The number of sulfonamides is 1. The highest BCUT2D eigenvalue weighted by atomic mass is 32.2. The molecular weight excluding hydrogens is 364 g/mol. The number of hydrogen-bond acceptors (Lipinski definition) is 4. The quantitative estimate of drug-likeness (QED) is 0.719. The van der Waals surface area contributed by atoms with Gasteiger partial charge >= 0.3 is 0 Å². The number of thioether (sulfide) groups is 1. The van der Waals surface area contributed by atoms with Crippen molar-refractivity contribution in [2.24, 2.45) is 4.99 Å². The molecule has 1 aliphatic heterocycles. The minimum Gasteiger partial charge on any atom is -0.258 e. The normalized spacial score (nSPS) is 19.1. The van der Waals surface area contributed by atoms with Crippen LogP contribution in [-0.2, 0) is 10.0 Å². The van der Waals surface area contributed by atoms with Crippen molar-refractivity contribution in [1.82, 2.24) is 4.31 Å². The number of nitrogens with zero attached hydrogens (tertiary/aromatic N) is 2. The SMILES string of the molecule is C=CCN=C1SC(c2ccc(C)cc2)CN1S(=O)(=O)c1ccc(C)cc1. The van der Waals surface area contributed by atoms with Crippen LogP contribution in [0.5, 0.6) is 0 Å². The summed E-state index contributed by atoms with van der Waals surface area (Å²) in [7, 11) is -3.64. The van der Waals surface area contributed by atoms with Gasteiger partial charge in [0.15, 0.2) is 5.17 Å². The van der Waals surface area contributed by atoms with E-state index in [-0.39, 0.29) is 5.25 Å². The molecule has 1 heterocycles. The Hall–Kier alpha value is -2.05. The minimum absolute atomic E-state index is 0.0272. The third kappa shape index (κ3) is 3.86. The molecule has 0 bridgehead atoms. The van der Waals surface area contributed by atoms with Crippen LogP contribution in [0.3, 0.4) is 0 Å². The number of hydrogen-bond donors (Lipinski definition) is 0. The van der Waals surface area contributed by atoms with E-state index in [1.807, 2.05) is 38.1 Å². The van der Waals surface area contributed by atoms with Crippen LogP contribution in [0.1, 0.15) is 21.9 Å². The van der Waals surface area contributed by atoms with Gasteiger partial charge in [-0.15, -0.1) is 6.58 Å². The summed E-state index contributed by atoms with van der Waals surface area (Å²) in [5.41, 5.74) is 3.31. The Kier molecular flexibility index (Phi) is 5.53. The molecule has 0 aliphatic carbocycles. The number of aliphatic imine (C=N–C) groups is 1. The number of benzene rings is 2. The van der Waals surface area contributed by atoms with Gasteiger partial charge in [-0.2, -0.15) is 0 Å². The van der Waals surface area contributed by atoms with Crippen molar-refractivity contribution >= 4 is 27.0 Å². The summed E-state index contributed by atoms with van der Waals surface area (Å²) in [5.74, 6) is 0. The second kappa shape index (κ2) is 7.68. The van der Waals surface area contributed by atoms with E-state index in [0.717, 1.165) is 11.1 Å². The number of rotatable bonds is 5. The Labute approximate surface area is 159 Å². The largest absolute Gasteiger partial charge is 0.265 e. The van der Waals surface area contributed by atoms with Crippen LogP contribution in [0, 0.1) is 13.8 Å². The first-order valence-corrected chi connectivity index (χ1v) is 10.7. The molecule has 4 nitrogen and oxygen atoms in total. The Morgan fingerprint density at radius 3 is 2.27 bits per heavy atom. The highest BCUT2D eigenvalue weighted by Gasteiger charge is 2.38. The Bertz CT molecular complexity index is 917. The smallest absolute Gasteiger partial charge is 0.258 e. The van der Waals surface area contributed by atoms with E-state index in [9.17, 15) is 8.42 Å². The van der Waals surface area contributed by atoms with Gasteiger partial charge in [0, 0.05) is 0 Å². The molecule has 1 atom stereocenters. The molecule has 0 amide bonds. The van der Waals surface area contributed by atoms with Crippen LogP contribution < -0.4 is 0 Å². The summed E-state index contributed by atoms with van der Waals surface area (Å²) in [4.78, 5) is 4.73. The second-order valence-corrected chi connectivity index (χ2v) is 9.31. The van der Waals surface area contributed by atoms with Crippen molar-refractivity contribution in [3.63, 3.8) is 0 Å². The third-order valence-electron chi connectivity index (χ3n) is 4.21. The van der Waals surface area contributed by atoms with E-state index in [1.165, 1.54) is 21.6 Å². The van der Waals surface area contributed by atoms with Crippen LogP contribution in [0.4, 0.5) is 0 Å². The lowest BCUT2D eigenvalue weighted by Crippen LogP contribution is -2.32. The summed E-state index contributed by atoms with van der Waals surface area (Å²) in [5, 5.41) is 0.551. The van der Waals surface area contributed by atoms with Gasteiger partial charge in [-0.05, 0) is 31.5 Å². The minimum atomic E-state index is -3.64. The van der Waals surface area contributed by atoms with Crippen molar-refractivity contribution in [3.05, 3.63) is 77.9 Å². The van der Waals surface area contributed by atoms with Gasteiger partial charge in [-0.25, -0.2) is 12.7 Å². The summed E-state index contributed by atoms with van der Waals surface area (Å²) >= 11 is 1.49. The zero-order valence-electron chi connectivity index (χ0n) is 14.9. The first kappa shape index (κ1) is 18.7. The maximum Gasteiger partial charge on any atom is 0.265 e. The van der Waals surface area contributed by atoms with Gasteiger partial charge in [0.25, 0.3) is 10.0 Å². The van der Waals surface area contributed by atoms with E-state index in [0.29, 0.717) is 23.2 Å². The molecule has 0 N–H and O–H groups in total. The molecule has 1 saturated heterocycles. The Morgan fingerprint density at radius 1 is 1.12 bits per heavy atom. The Balaban J connectivity index is 1.96. The predicted octanol–water partition coefficient (Wildman–Crippen LogP) is 4.32. The molecular formula is C20H22N2O2S2.